The predicted octanol–water partition coefficient (Wildman–Crippen LogP) is 1.93. The Morgan fingerprint density at radius 3 is 2.78 bits per heavy atom. The van der Waals surface area contributed by atoms with Gasteiger partial charge >= 0.3 is 0 Å². The highest BCUT2D eigenvalue weighted by Crippen LogP contribution is 2.15. The summed E-state index contributed by atoms with van der Waals surface area (Å²) in [6.45, 7) is 5.21. The molecule has 6 nitrogen and oxygen atoms in total. The summed E-state index contributed by atoms with van der Waals surface area (Å²) >= 11 is 5.12. The number of thiocarbonyl (C=S) groups is 1. The Bertz CT molecular complexity index is 681. The lowest BCUT2D eigenvalue weighted by Gasteiger charge is -2.05. The summed E-state index contributed by atoms with van der Waals surface area (Å²) in [5, 5.41) is 12.2. The molecule has 0 fully saturated rings. The van der Waals surface area contributed by atoms with E-state index in [1.807, 2.05) is 48.9 Å². The van der Waals surface area contributed by atoms with Crippen molar-refractivity contribution in [2.75, 3.05) is 20.3 Å². The van der Waals surface area contributed by atoms with Gasteiger partial charge in [-0.15, -0.1) is 0 Å². The minimum Gasteiger partial charge on any atom is -0.383 e. The van der Waals surface area contributed by atoms with E-state index in [4.69, 9.17) is 17.0 Å². The number of nitrogens with one attached hydrogen (secondary N) is 2. The number of hydrogen-bond acceptors (Lipinski definition) is 4. The third-order valence-electron chi connectivity index (χ3n) is 3.30. The predicted molar refractivity (Wildman–Crippen MR) is 96.2 cm³/mol. The summed E-state index contributed by atoms with van der Waals surface area (Å²) in [5.74, 6) is 0. The van der Waals surface area contributed by atoms with Crippen molar-refractivity contribution in [2.24, 2.45) is 5.10 Å². The first-order chi connectivity index (χ1) is 11.1. The third kappa shape index (κ3) is 4.61. The van der Waals surface area contributed by atoms with Crippen LogP contribution in [0.1, 0.15) is 17.0 Å². The Kier molecular flexibility index (Phi) is 6.25. The largest absolute Gasteiger partial charge is 0.383 e. The van der Waals surface area contributed by atoms with E-state index >= 15 is 0 Å². The maximum absolute atomic E-state index is 5.12. The van der Waals surface area contributed by atoms with E-state index in [2.05, 4.69) is 20.9 Å². The molecule has 2 aromatic rings. The molecule has 1 heterocycles. The summed E-state index contributed by atoms with van der Waals surface area (Å²) in [5.41, 5.74) is 6.73. The third-order valence-corrected chi connectivity index (χ3v) is 3.54. The Morgan fingerprint density at radius 1 is 1.35 bits per heavy atom. The van der Waals surface area contributed by atoms with Gasteiger partial charge in [-0.1, -0.05) is 18.2 Å². The van der Waals surface area contributed by atoms with Crippen LogP contribution in [0.25, 0.3) is 5.69 Å². The quantitative estimate of drug-likeness (QED) is 0.366. The number of ether oxygens (including phenoxy) is 1. The molecule has 0 aliphatic rings. The van der Waals surface area contributed by atoms with Gasteiger partial charge in [-0.05, 0) is 38.2 Å². The van der Waals surface area contributed by atoms with E-state index in [9.17, 15) is 0 Å². The topological polar surface area (TPSA) is 63.5 Å². The van der Waals surface area contributed by atoms with Gasteiger partial charge in [0.05, 0.1) is 29.9 Å². The second-order valence-electron chi connectivity index (χ2n) is 4.95. The Labute approximate surface area is 141 Å². The molecule has 1 aromatic carbocycles. The van der Waals surface area contributed by atoms with Gasteiger partial charge in [-0.3, -0.25) is 5.43 Å². The molecule has 0 saturated heterocycles. The average Bonchev–Trinajstić information content (AvgIpc) is 2.84. The molecule has 0 radical (unpaired) electrons. The molecular formula is C16H21N5OS. The van der Waals surface area contributed by atoms with Crippen LogP contribution in [0.4, 0.5) is 0 Å². The summed E-state index contributed by atoms with van der Waals surface area (Å²) in [7, 11) is 1.65. The van der Waals surface area contributed by atoms with Crippen molar-refractivity contribution < 1.29 is 4.74 Å². The van der Waals surface area contributed by atoms with Gasteiger partial charge in [-0.2, -0.15) is 10.2 Å². The number of rotatable bonds is 6. The SMILES string of the molecule is COCCNC(=S)NN=Cc1c(C)nn(-c2ccccc2)c1C. The zero-order valence-electron chi connectivity index (χ0n) is 13.5. The molecule has 0 atom stereocenters. The minimum atomic E-state index is 0.462. The van der Waals surface area contributed by atoms with E-state index in [1.54, 1.807) is 13.3 Å². The molecule has 122 valence electrons. The first kappa shape index (κ1) is 17.1. The van der Waals surface area contributed by atoms with Crippen LogP contribution in [-0.2, 0) is 4.74 Å². The molecule has 2 rings (SSSR count). The monoisotopic (exact) mass is 331 g/mol. The van der Waals surface area contributed by atoms with Gasteiger partial charge < -0.3 is 10.1 Å². The van der Waals surface area contributed by atoms with E-state index in [0.717, 1.165) is 22.6 Å². The van der Waals surface area contributed by atoms with Crippen LogP contribution in [0, 0.1) is 13.8 Å². The van der Waals surface area contributed by atoms with Gasteiger partial charge in [0.2, 0.25) is 0 Å². The number of aryl methyl sites for hydroxylation is 1. The van der Waals surface area contributed by atoms with Crippen molar-refractivity contribution in [1.29, 1.82) is 0 Å². The maximum Gasteiger partial charge on any atom is 0.187 e. The summed E-state index contributed by atoms with van der Waals surface area (Å²) in [6.07, 6.45) is 1.74. The number of benzene rings is 1. The van der Waals surface area contributed by atoms with Gasteiger partial charge in [0.25, 0.3) is 0 Å². The van der Waals surface area contributed by atoms with Crippen molar-refractivity contribution in [3.05, 3.63) is 47.3 Å². The fourth-order valence-corrected chi connectivity index (χ4v) is 2.28. The summed E-state index contributed by atoms with van der Waals surface area (Å²) in [4.78, 5) is 0. The molecule has 0 aliphatic carbocycles. The molecule has 2 N–H and O–H groups in total. The lowest BCUT2D eigenvalue weighted by Crippen LogP contribution is -2.34. The number of nitrogens with zero attached hydrogens (tertiary/aromatic N) is 3. The Hall–Kier alpha value is -2.25. The molecule has 0 saturated carbocycles. The second-order valence-corrected chi connectivity index (χ2v) is 5.36. The van der Waals surface area contributed by atoms with Gasteiger partial charge in [0.1, 0.15) is 0 Å². The van der Waals surface area contributed by atoms with Gasteiger partial charge in [-0.25, -0.2) is 4.68 Å². The first-order valence-electron chi connectivity index (χ1n) is 7.31. The van der Waals surface area contributed by atoms with Crippen molar-refractivity contribution >= 4 is 23.5 Å². The molecule has 0 bridgehead atoms. The van der Waals surface area contributed by atoms with Crippen molar-refractivity contribution in [3.8, 4) is 5.69 Å². The van der Waals surface area contributed by atoms with Crippen molar-refractivity contribution in [3.63, 3.8) is 0 Å². The normalized spacial score (nSPS) is 10.9. The lowest BCUT2D eigenvalue weighted by molar-refractivity contribution is 0.204. The molecule has 0 aliphatic heterocycles. The van der Waals surface area contributed by atoms with Crippen molar-refractivity contribution in [1.82, 2.24) is 20.5 Å². The lowest BCUT2D eigenvalue weighted by atomic mass is 10.2. The van der Waals surface area contributed by atoms with Crippen LogP contribution < -0.4 is 10.7 Å². The van der Waals surface area contributed by atoms with Gasteiger partial charge in [0.15, 0.2) is 5.11 Å². The molecule has 0 unspecified atom stereocenters. The Morgan fingerprint density at radius 2 is 2.09 bits per heavy atom. The maximum atomic E-state index is 5.12. The fourth-order valence-electron chi connectivity index (χ4n) is 2.12. The minimum absolute atomic E-state index is 0.462. The molecule has 7 heteroatoms. The van der Waals surface area contributed by atoms with Crippen LogP contribution in [-0.4, -0.2) is 41.4 Å². The van der Waals surface area contributed by atoms with E-state index in [-0.39, 0.29) is 0 Å². The van der Waals surface area contributed by atoms with Crippen LogP contribution in [0.3, 0.4) is 0 Å². The number of hydrogen-bond donors (Lipinski definition) is 2. The van der Waals surface area contributed by atoms with E-state index in [0.29, 0.717) is 18.3 Å². The summed E-state index contributed by atoms with van der Waals surface area (Å²) < 4.78 is 6.85. The highest BCUT2D eigenvalue weighted by Gasteiger charge is 2.10. The Balaban J connectivity index is 2.05. The van der Waals surface area contributed by atoms with Crippen LogP contribution in [0.5, 0.6) is 0 Å². The van der Waals surface area contributed by atoms with Crippen LogP contribution in [0.15, 0.2) is 35.4 Å². The zero-order valence-corrected chi connectivity index (χ0v) is 14.4. The van der Waals surface area contributed by atoms with Gasteiger partial charge in [0, 0.05) is 19.2 Å². The highest BCUT2D eigenvalue weighted by molar-refractivity contribution is 7.80. The molecule has 23 heavy (non-hydrogen) atoms. The molecule has 0 spiro atoms. The van der Waals surface area contributed by atoms with Crippen LogP contribution in [0.2, 0.25) is 0 Å². The van der Waals surface area contributed by atoms with Crippen LogP contribution >= 0.6 is 12.2 Å². The number of methoxy groups -OCH3 is 1. The van der Waals surface area contributed by atoms with Crippen molar-refractivity contribution in [2.45, 2.75) is 13.8 Å². The number of hydrazone groups is 1. The zero-order chi connectivity index (χ0) is 16.7. The standard InChI is InChI=1S/C16H21N5OS/c1-12-15(11-18-19-16(23)17-9-10-22-3)13(2)21(20-12)14-7-5-4-6-8-14/h4-8,11H,9-10H2,1-3H3,(H2,17,19,23). The van der Waals surface area contributed by atoms with E-state index < -0.39 is 0 Å². The number of aromatic nitrogens is 2. The molecule has 1 aromatic heterocycles. The fraction of sp³-hybridized carbons (Fsp3) is 0.312. The van der Waals surface area contributed by atoms with E-state index in [1.165, 1.54) is 0 Å². The summed E-state index contributed by atoms with van der Waals surface area (Å²) in [6, 6.07) is 10.0. The smallest absolute Gasteiger partial charge is 0.187 e. The number of para-hydroxylation sites is 1. The molecular weight excluding hydrogens is 310 g/mol. The highest BCUT2D eigenvalue weighted by atomic mass is 32.1. The first-order valence-corrected chi connectivity index (χ1v) is 7.71. The average molecular weight is 331 g/mol. The second kappa shape index (κ2) is 8.40. The molecule has 0 amide bonds.